The Morgan fingerprint density at radius 3 is 2.33 bits per heavy atom. The molecule has 1 aliphatic rings. The molecule has 0 fully saturated rings. The summed E-state index contributed by atoms with van der Waals surface area (Å²) in [5.74, 6) is 0. The van der Waals surface area contributed by atoms with Crippen LogP contribution in [0.4, 0.5) is 0 Å². The van der Waals surface area contributed by atoms with Crippen LogP contribution in [-0.4, -0.2) is 15.0 Å². The molecule has 0 spiro atoms. The van der Waals surface area contributed by atoms with Crippen molar-refractivity contribution in [3.63, 3.8) is 0 Å². The summed E-state index contributed by atoms with van der Waals surface area (Å²) < 4.78 is 28.2. The lowest BCUT2D eigenvalue weighted by molar-refractivity contribution is 0.501. The molecule has 0 saturated carbocycles. The highest BCUT2D eigenvalue weighted by Gasteiger charge is 2.24. The summed E-state index contributed by atoms with van der Waals surface area (Å²) >= 11 is 0. The Kier molecular flexibility index (Phi) is 4.79. The predicted octanol–water partition coefficient (Wildman–Crippen LogP) is 3.82. The second kappa shape index (κ2) is 6.69. The van der Waals surface area contributed by atoms with E-state index in [1.54, 1.807) is 6.07 Å². The maximum absolute atomic E-state index is 12.7. The Balaban J connectivity index is 1.77. The van der Waals surface area contributed by atoms with E-state index in [0.717, 1.165) is 24.8 Å². The number of nitrogens with one attached hydrogen (secondary N) is 1. The number of aryl methyl sites for hydroxylation is 2. The molecule has 0 aromatic heterocycles. The fourth-order valence-corrected chi connectivity index (χ4v) is 4.49. The van der Waals surface area contributed by atoms with Gasteiger partial charge < -0.3 is 0 Å². The molecule has 1 aliphatic carbocycles. The average Bonchev–Trinajstić information content (AvgIpc) is 2.60. The maximum atomic E-state index is 12.7. The van der Waals surface area contributed by atoms with Crippen molar-refractivity contribution < 1.29 is 8.42 Å². The van der Waals surface area contributed by atoms with Crippen LogP contribution in [0.5, 0.6) is 0 Å². The van der Waals surface area contributed by atoms with Gasteiger partial charge in [-0.25, -0.2) is 13.1 Å². The van der Waals surface area contributed by atoms with E-state index >= 15 is 0 Å². The van der Waals surface area contributed by atoms with Gasteiger partial charge in [0.1, 0.15) is 0 Å². The minimum absolute atomic E-state index is 0.261. The Morgan fingerprint density at radius 2 is 1.62 bits per heavy atom. The van der Waals surface area contributed by atoms with Crippen molar-refractivity contribution in [3.8, 4) is 0 Å². The third kappa shape index (κ3) is 3.70. The van der Waals surface area contributed by atoms with E-state index in [4.69, 9.17) is 0 Å². The summed E-state index contributed by atoms with van der Waals surface area (Å²) in [5.41, 5.74) is 3.34. The van der Waals surface area contributed by atoms with Gasteiger partial charge in [-0.15, -0.1) is 0 Å². The van der Waals surface area contributed by atoms with Crippen LogP contribution in [0.15, 0.2) is 53.4 Å². The minimum atomic E-state index is -3.48. The van der Waals surface area contributed by atoms with Crippen LogP contribution < -0.4 is 4.72 Å². The van der Waals surface area contributed by atoms with Gasteiger partial charge >= 0.3 is 0 Å². The fourth-order valence-electron chi connectivity index (χ4n) is 3.23. The number of sulfonamides is 1. The lowest BCUT2D eigenvalue weighted by Gasteiger charge is -2.25. The third-order valence-corrected chi connectivity index (χ3v) is 6.29. The molecule has 0 atom stereocenters. The highest BCUT2D eigenvalue weighted by molar-refractivity contribution is 7.89. The average molecular weight is 343 g/mol. The van der Waals surface area contributed by atoms with Crippen molar-refractivity contribution in [2.24, 2.45) is 0 Å². The van der Waals surface area contributed by atoms with Crippen LogP contribution in [0.25, 0.3) is 0 Å². The molecule has 4 heteroatoms. The molecule has 128 valence electrons. The summed E-state index contributed by atoms with van der Waals surface area (Å²) in [6, 6.07) is 15.6. The summed E-state index contributed by atoms with van der Waals surface area (Å²) in [6.07, 6.45) is 4.38. The molecule has 3 rings (SSSR count). The van der Waals surface area contributed by atoms with E-state index in [-0.39, 0.29) is 5.41 Å². The van der Waals surface area contributed by atoms with E-state index in [1.807, 2.05) is 42.5 Å². The number of fused-ring (bicyclic) bond motifs is 1. The first-order valence-corrected chi connectivity index (χ1v) is 10.0. The largest absolute Gasteiger partial charge is 0.240 e. The van der Waals surface area contributed by atoms with Crippen LogP contribution in [0.1, 0.15) is 43.4 Å². The van der Waals surface area contributed by atoms with Gasteiger partial charge in [-0.2, -0.15) is 0 Å². The predicted molar refractivity (Wildman–Crippen MR) is 97.7 cm³/mol. The first-order valence-electron chi connectivity index (χ1n) is 8.55. The van der Waals surface area contributed by atoms with Crippen LogP contribution in [0.3, 0.4) is 0 Å². The van der Waals surface area contributed by atoms with Crippen LogP contribution >= 0.6 is 0 Å². The van der Waals surface area contributed by atoms with Crippen molar-refractivity contribution >= 4 is 10.0 Å². The monoisotopic (exact) mass is 343 g/mol. The zero-order valence-electron chi connectivity index (χ0n) is 14.4. The summed E-state index contributed by atoms with van der Waals surface area (Å²) in [7, 11) is -3.48. The van der Waals surface area contributed by atoms with Gasteiger partial charge in [0.05, 0.1) is 4.90 Å². The van der Waals surface area contributed by atoms with Crippen molar-refractivity contribution in [1.29, 1.82) is 0 Å². The van der Waals surface area contributed by atoms with E-state index in [1.165, 1.54) is 17.5 Å². The number of hydrogen-bond acceptors (Lipinski definition) is 2. The molecule has 24 heavy (non-hydrogen) atoms. The summed E-state index contributed by atoms with van der Waals surface area (Å²) in [6.45, 7) is 4.48. The van der Waals surface area contributed by atoms with Crippen LogP contribution in [-0.2, 0) is 28.3 Å². The Morgan fingerprint density at radius 1 is 0.958 bits per heavy atom. The molecular weight excluding hydrogens is 318 g/mol. The van der Waals surface area contributed by atoms with Crippen LogP contribution in [0.2, 0.25) is 0 Å². The van der Waals surface area contributed by atoms with E-state index < -0.39 is 10.0 Å². The Labute approximate surface area is 145 Å². The zero-order valence-corrected chi connectivity index (χ0v) is 15.2. The summed E-state index contributed by atoms with van der Waals surface area (Å²) in [4.78, 5) is 0.381. The SMILES string of the molecule is CC(C)(CNS(=O)(=O)c1ccc2c(c1)CCCC2)c1ccccc1. The van der Waals surface area contributed by atoms with Gasteiger partial charge in [-0.05, 0) is 54.5 Å². The smallest absolute Gasteiger partial charge is 0.210 e. The van der Waals surface area contributed by atoms with Crippen molar-refractivity contribution in [2.45, 2.75) is 49.8 Å². The molecule has 0 unspecified atom stereocenters. The Bertz CT molecular complexity index is 811. The molecule has 0 heterocycles. The normalized spacial score (nSPS) is 15.1. The second-order valence-corrected chi connectivity index (χ2v) is 8.98. The van der Waals surface area contributed by atoms with Gasteiger partial charge in [0.15, 0.2) is 0 Å². The molecule has 2 aromatic carbocycles. The molecule has 2 aromatic rings. The topological polar surface area (TPSA) is 46.2 Å². The van der Waals surface area contributed by atoms with Gasteiger partial charge in [0.25, 0.3) is 0 Å². The van der Waals surface area contributed by atoms with Crippen molar-refractivity contribution in [2.75, 3.05) is 6.54 Å². The highest BCUT2D eigenvalue weighted by atomic mass is 32.2. The molecule has 0 saturated heterocycles. The molecule has 0 bridgehead atoms. The molecule has 0 amide bonds. The highest BCUT2D eigenvalue weighted by Crippen LogP contribution is 2.25. The number of rotatable bonds is 5. The van der Waals surface area contributed by atoms with Crippen molar-refractivity contribution in [3.05, 3.63) is 65.2 Å². The minimum Gasteiger partial charge on any atom is -0.210 e. The first kappa shape index (κ1) is 17.2. The molecule has 3 nitrogen and oxygen atoms in total. The quantitative estimate of drug-likeness (QED) is 0.897. The maximum Gasteiger partial charge on any atom is 0.240 e. The molecule has 1 N–H and O–H groups in total. The molecular formula is C20H25NO2S. The lowest BCUT2D eigenvalue weighted by Crippen LogP contribution is -2.36. The lowest BCUT2D eigenvalue weighted by atomic mass is 9.85. The molecule has 0 aliphatic heterocycles. The zero-order chi connectivity index (χ0) is 17.2. The van der Waals surface area contributed by atoms with Crippen LogP contribution in [0, 0.1) is 0 Å². The third-order valence-electron chi connectivity index (χ3n) is 4.89. The van der Waals surface area contributed by atoms with Crippen molar-refractivity contribution in [1.82, 2.24) is 4.72 Å². The Hall–Kier alpha value is -1.65. The fraction of sp³-hybridized carbons (Fsp3) is 0.400. The second-order valence-electron chi connectivity index (χ2n) is 7.21. The molecule has 0 radical (unpaired) electrons. The van der Waals surface area contributed by atoms with Gasteiger partial charge in [0, 0.05) is 12.0 Å². The first-order chi connectivity index (χ1) is 11.4. The van der Waals surface area contributed by atoms with E-state index in [9.17, 15) is 8.42 Å². The van der Waals surface area contributed by atoms with Gasteiger partial charge in [-0.1, -0.05) is 50.2 Å². The number of hydrogen-bond donors (Lipinski definition) is 1. The van der Waals surface area contributed by atoms with Gasteiger partial charge in [0.2, 0.25) is 10.0 Å². The van der Waals surface area contributed by atoms with E-state index in [2.05, 4.69) is 18.6 Å². The van der Waals surface area contributed by atoms with Gasteiger partial charge in [-0.3, -0.25) is 0 Å². The van der Waals surface area contributed by atoms with E-state index in [0.29, 0.717) is 11.4 Å². The summed E-state index contributed by atoms with van der Waals surface area (Å²) in [5, 5.41) is 0. The number of benzene rings is 2. The standard InChI is InChI=1S/C20H25NO2S/c1-20(2,18-10-4-3-5-11-18)15-21-24(22,23)19-13-12-16-8-6-7-9-17(16)14-19/h3-5,10-14,21H,6-9,15H2,1-2H3.